The first-order valence-electron chi connectivity index (χ1n) is 9.44. The topological polar surface area (TPSA) is 43.4 Å². The summed E-state index contributed by atoms with van der Waals surface area (Å²) in [6, 6.07) is 9.27. The summed E-state index contributed by atoms with van der Waals surface area (Å²) in [5.41, 5.74) is 0.818. The third-order valence-corrected chi connectivity index (χ3v) is 6.53. The zero-order valence-electron chi connectivity index (χ0n) is 15.2. The molecule has 3 heteroatoms. The number of carbonyl (C=O) groups is 2. The van der Waals surface area contributed by atoms with Crippen LogP contribution in [0.25, 0.3) is 0 Å². The summed E-state index contributed by atoms with van der Waals surface area (Å²) in [6.45, 7) is 4.57. The molecule has 0 amide bonds. The number of hydrogen-bond acceptors (Lipinski definition) is 3. The van der Waals surface area contributed by atoms with Crippen LogP contribution in [0.1, 0.15) is 56.3 Å². The molecule has 0 N–H and O–H groups in total. The maximum atomic E-state index is 12.5. The Labute approximate surface area is 150 Å². The average Bonchev–Trinajstić information content (AvgIpc) is 2.98. The summed E-state index contributed by atoms with van der Waals surface area (Å²) in [7, 11) is 0. The number of aldehydes is 1. The predicted octanol–water partition coefficient (Wildman–Crippen LogP) is 4.82. The van der Waals surface area contributed by atoms with Crippen molar-refractivity contribution < 1.29 is 14.3 Å². The van der Waals surface area contributed by atoms with Gasteiger partial charge in [-0.25, -0.2) is 4.79 Å². The highest BCUT2D eigenvalue weighted by atomic mass is 16.5. The van der Waals surface area contributed by atoms with Crippen molar-refractivity contribution in [1.29, 1.82) is 0 Å². The maximum absolute atomic E-state index is 12.5. The minimum absolute atomic E-state index is 0.0127. The first-order chi connectivity index (χ1) is 12.1. The van der Waals surface area contributed by atoms with Crippen LogP contribution in [0.5, 0.6) is 0 Å². The van der Waals surface area contributed by atoms with Crippen LogP contribution >= 0.6 is 0 Å². The molecule has 1 aromatic carbocycles. The average molecular weight is 340 g/mol. The Hall–Kier alpha value is -1.90. The van der Waals surface area contributed by atoms with Crippen molar-refractivity contribution in [2.75, 3.05) is 0 Å². The number of ether oxygens (including phenoxy) is 1. The summed E-state index contributed by atoms with van der Waals surface area (Å²) >= 11 is 0. The van der Waals surface area contributed by atoms with Crippen molar-refractivity contribution in [2.24, 2.45) is 23.2 Å². The van der Waals surface area contributed by atoms with Gasteiger partial charge in [0.05, 0.1) is 5.56 Å². The van der Waals surface area contributed by atoms with Crippen LogP contribution in [0.15, 0.2) is 42.5 Å². The zero-order valence-corrected chi connectivity index (χ0v) is 15.2. The van der Waals surface area contributed by atoms with Gasteiger partial charge in [0.15, 0.2) is 0 Å². The molecule has 25 heavy (non-hydrogen) atoms. The number of carbonyl (C=O) groups excluding carboxylic acids is 2. The zero-order chi connectivity index (χ0) is 17.9. The molecule has 0 heterocycles. The molecule has 0 bridgehead atoms. The summed E-state index contributed by atoms with van der Waals surface area (Å²) in [6.07, 6.45) is 10.0. The summed E-state index contributed by atoms with van der Waals surface area (Å²) in [5.74, 6) is 1.15. The quantitative estimate of drug-likeness (QED) is 0.438. The van der Waals surface area contributed by atoms with E-state index in [4.69, 9.17) is 4.74 Å². The third-order valence-electron chi connectivity index (χ3n) is 6.53. The molecule has 0 aromatic heterocycles. The SMILES string of the molecule is C[C@H](/C=C/C=O)C1CCC2[C@@H](OC(=O)c3ccccc3)CCC[C@@]12C. The summed E-state index contributed by atoms with van der Waals surface area (Å²) in [5, 5.41) is 0. The Morgan fingerprint density at radius 1 is 1.24 bits per heavy atom. The molecule has 134 valence electrons. The van der Waals surface area contributed by atoms with Gasteiger partial charge in [-0.2, -0.15) is 0 Å². The number of benzene rings is 1. The smallest absolute Gasteiger partial charge is 0.338 e. The standard InChI is InChI=1S/C22H28O3/c1-16(8-7-15-23)18-12-13-19-20(11-6-14-22(18,19)2)25-21(24)17-9-4-3-5-10-17/h3-5,7-10,15-16,18-20H,6,11-14H2,1-2H3/b8-7+/t16-,18?,19?,20+,22+/m1/s1. The molecule has 2 saturated carbocycles. The minimum atomic E-state index is -0.202. The first-order valence-corrected chi connectivity index (χ1v) is 9.44. The first kappa shape index (κ1) is 17.9. The van der Waals surface area contributed by atoms with Gasteiger partial charge >= 0.3 is 5.97 Å². The van der Waals surface area contributed by atoms with Crippen LogP contribution in [0.2, 0.25) is 0 Å². The Balaban J connectivity index is 1.73. The molecule has 0 aliphatic heterocycles. The van der Waals surface area contributed by atoms with E-state index in [9.17, 15) is 9.59 Å². The van der Waals surface area contributed by atoms with Gasteiger partial charge in [-0.3, -0.25) is 4.79 Å². The molecule has 2 aliphatic rings. The van der Waals surface area contributed by atoms with Crippen LogP contribution in [-0.2, 0) is 9.53 Å². The van der Waals surface area contributed by atoms with E-state index in [1.807, 2.05) is 36.4 Å². The van der Waals surface area contributed by atoms with Crippen molar-refractivity contribution in [2.45, 2.75) is 52.1 Å². The van der Waals surface area contributed by atoms with Crippen molar-refractivity contribution in [3.63, 3.8) is 0 Å². The lowest BCUT2D eigenvalue weighted by molar-refractivity contribution is -0.104. The van der Waals surface area contributed by atoms with Gasteiger partial charge in [0.25, 0.3) is 0 Å². The number of allylic oxidation sites excluding steroid dienone is 2. The Morgan fingerprint density at radius 3 is 2.72 bits per heavy atom. The largest absolute Gasteiger partial charge is 0.458 e. The molecular formula is C22H28O3. The lowest BCUT2D eigenvalue weighted by atomic mass is 9.62. The summed E-state index contributed by atoms with van der Waals surface area (Å²) < 4.78 is 5.95. The second kappa shape index (κ2) is 7.55. The fourth-order valence-corrected chi connectivity index (χ4v) is 5.30. The molecule has 3 rings (SSSR count). The lowest BCUT2D eigenvalue weighted by Gasteiger charge is -2.45. The van der Waals surface area contributed by atoms with Gasteiger partial charge < -0.3 is 4.74 Å². The lowest BCUT2D eigenvalue weighted by Crippen LogP contribution is -2.43. The van der Waals surface area contributed by atoms with E-state index in [2.05, 4.69) is 13.8 Å². The van der Waals surface area contributed by atoms with E-state index in [-0.39, 0.29) is 17.5 Å². The van der Waals surface area contributed by atoms with Crippen LogP contribution in [0, 0.1) is 23.2 Å². The molecule has 5 atom stereocenters. The number of rotatable bonds is 5. The van der Waals surface area contributed by atoms with Crippen molar-refractivity contribution >= 4 is 12.3 Å². The van der Waals surface area contributed by atoms with Crippen molar-refractivity contribution in [3.8, 4) is 0 Å². The normalized spacial score (nSPS) is 33.0. The van der Waals surface area contributed by atoms with E-state index in [0.717, 1.165) is 32.0 Å². The van der Waals surface area contributed by atoms with Crippen LogP contribution < -0.4 is 0 Å². The second-order valence-electron chi connectivity index (χ2n) is 7.88. The van der Waals surface area contributed by atoms with Crippen LogP contribution in [-0.4, -0.2) is 18.4 Å². The van der Waals surface area contributed by atoms with Crippen LogP contribution in [0.3, 0.4) is 0 Å². The maximum Gasteiger partial charge on any atom is 0.338 e. The highest BCUT2D eigenvalue weighted by Crippen LogP contribution is 2.58. The van der Waals surface area contributed by atoms with Gasteiger partial charge in [-0.1, -0.05) is 38.1 Å². The van der Waals surface area contributed by atoms with E-state index < -0.39 is 0 Å². The van der Waals surface area contributed by atoms with Crippen molar-refractivity contribution in [1.82, 2.24) is 0 Å². The van der Waals surface area contributed by atoms with Crippen molar-refractivity contribution in [3.05, 3.63) is 48.0 Å². The molecule has 2 aliphatic carbocycles. The molecular weight excluding hydrogens is 312 g/mol. The molecule has 0 radical (unpaired) electrons. The van der Waals surface area contributed by atoms with Gasteiger partial charge in [0, 0.05) is 5.92 Å². The van der Waals surface area contributed by atoms with Gasteiger partial charge in [0.1, 0.15) is 12.4 Å². The molecule has 1 aromatic rings. The molecule has 0 saturated heterocycles. The molecule has 0 spiro atoms. The van der Waals surface area contributed by atoms with Gasteiger partial charge in [-0.15, -0.1) is 0 Å². The Bertz CT molecular complexity index is 636. The van der Waals surface area contributed by atoms with Gasteiger partial charge in [-0.05, 0) is 67.6 Å². The molecule has 2 fully saturated rings. The fraction of sp³-hybridized carbons (Fsp3) is 0.545. The highest BCUT2D eigenvalue weighted by Gasteiger charge is 2.53. The van der Waals surface area contributed by atoms with Crippen LogP contribution in [0.4, 0.5) is 0 Å². The monoisotopic (exact) mass is 340 g/mol. The highest BCUT2D eigenvalue weighted by molar-refractivity contribution is 5.89. The molecule has 2 unspecified atom stereocenters. The Morgan fingerprint density at radius 2 is 2.00 bits per heavy atom. The van der Waals surface area contributed by atoms with E-state index in [0.29, 0.717) is 23.3 Å². The number of fused-ring (bicyclic) bond motifs is 1. The number of esters is 1. The second-order valence-corrected chi connectivity index (χ2v) is 7.88. The Kier molecular flexibility index (Phi) is 5.41. The van der Waals surface area contributed by atoms with E-state index in [1.54, 1.807) is 6.08 Å². The van der Waals surface area contributed by atoms with E-state index in [1.165, 1.54) is 6.42 Å². The summed E-state index contributed by atoms with van der Waals surface area (Å²) in [4.78, 5) is 23.1. The van der Waals surface area contributed by atoms with E-state index >= 15 is 0 Å². The molecule has 3 nitrogen and oxygen atoms in total. The van der Waals surface area contributed by atoms with Gasteiger partial charge in [0.2, 0.25) is 0 Å². The fourth-order valence-electron chi connectivity index (χ4n) is 5.30. The minimum Gasteiger partial charge on any atom is -0.458 e. The predicted molar refractivity (Wildman–Crippen MR) is 98.2 cm³/mol. The number of hydrogen-bond donors (Lipinski definition) is 0. The third kappa shape index (κ3) is 3.56.